The minimum atomic E-state index is 0.0648. The third kappa shape index (κ3) is 3.56. The number of halogens is 2. The van der Waals surface area contributed by atoms with Gasteiger partial charge in [-0.25, -0.2) is 0 Å². The molecule has 5 nitrogen and oxygen atoms in total. The summed E-state index contributed by atoms with van der Waals surface area (Å²) in [6, 6.07) is 5.60. The first kappa shape index (κ1) is 15.4. The summed E-state index contributed by atoms with van der Waals surface area (Å²) in [5, 5.41) is 16.1. The van der Waals surface area contributed by atoms with E-state index in [1.54, 1.807) is 4.68 Å². The largest absolute Gasteiger partial charge is 0.307 e. The molecule has 1 aromatic carbocycles. The van der Waals surface area contributed by atoms with Gasteiger partial charge in [-0.1, -0.05) is 25.4 Å². The average Bonchev–Trinajstić information content (AvgIpc) is 2.85. The number of rotatable bonds is 5. The molecule has 1 unspecified atom stereocenters. The minimum Gasteiger partial charge on any atom is -0.307 e. The topological polar surface area (TPSA) is 55.6 Å². The van der Waals surface area contributed by atoms with Crippen LogP contribution in [0.3, 0.4) is 0 Å². The first-order valence-electron chi connectivity index (χ1n) is 6.46. The lowest BCUT2D eigenvalue weighted by Gasteiger charge is -2.15. The van der Waals surface area contributed by atoms with Gasteiger partial charge in [0.25, 0.3) is 0 Å². The maximum atomic E-state index is 5.96. The molecule has 0 saturated heterocycles. The molecule has 0 saturated carbocycles. The standard InChI is InChI=1S/C13H17BrClN5/c1-8(2)7-16-9(3)13-17-18-19-20(13)12-5-4-10(15)6-11(12)14/h4-6,8-9,16H,7H2,1-3H3. The van der Waals surface area contributed by atoms with Crippen LogP contribution in [0.2, 0.25) is 5.02 Å². The lowest BCUT2D eigenvalue weighted by molar-refractivity contribution is 0.475. The van der Waals surface area contributed by atoms with Crippen molar-refractivity contribution in [3.05, 3.63) is 33.5 Å². The van der Waals surface area contributed by atoms with Gasteiger partial charge >= 0.3 is 0 Å². The van der Waals surface area contributed by atoms with Gasteiger partial charge in [-0.15, -0.1) is 5.10 Å². The van der Waals surface area contributed by atoms with Gasteiger partial charge in [-0.05, 0) is 63.9 Å². The van der Waals surface area contributed by atoms with Crippen LogP contribution in [-0.4, -0.2) is 26.8 Å². The fourth-order valence-corrected chi connectivity index (χ4v) is 2.64. The zero-order valence-corrected chi connectivity index (χ0v) is 14.0. The van der Waals surface area contributed by atoms with Crippen molar-refractivity contribution in [2.45, 2.75) is 26.8 Å². The van der Waals surface area contributed by atoms with Gasteiger partial charge in [0.05, 0.1) is 11.7 Å². The van der Waals surface area contributed by atoms with Gasteiger partial charge < -0.3 is 5.32 Å². The molecule has 1 aromatic heterocycles. The predicted octanol–water partition coefficient (Wildman–Crippen LogP) is 3.38. The fraction of sp³-hybridized carbons (Fsp3) is 0.462. The van der Waals surface area contributed by atoms with Gasteiger partial charge in [-0.3, -0.25) is 0 Å². The van der Waals surface area contributed by atoms with Crippen LogP contribution < -0.4 is 5.32 Å². The first-order chi connectivity index (χ1) is 9.49. The highest BCUT2D eigenvalue weighted by Crippen LogP contribution is 2.26. The third-order valence-electron chi connectivity index (χ3n) is 2.85. The van der Waals surface area contributed by atoms with Crippen LogP contribution in [0, 0.1) is 5.92 Å². The summed E-state index contributed by atoms with van der Waals surface area (Å²) in [5.74, 6) is 1.35. The van der Waals surface area contributed by atoms with Crippen LogP contribution in [0.25, 0.3) is 5.69 Å². The summed E-state index contributed by atoms with van der Waals surface area (Å²) >= 11 is 9.45. The second-order valence-corrected chi connectivity index (χ2v) is 6.36. The second kappa shape index (κ2) is 6.65. The van der Waals surface area contributed by atoms with Crippen LogP contribution in [0.15, 0.2) is 22.7 Å². The van der Waals surface area contributed by atoms with E-state index >= 15 is 0 Å². The molecule has 0 aliphatic carbocycles. The smallest absolute Gasteiger partial charge is 0.173 e. The molecule has 2 rings (SSSR count). The van der Waals surface area contributed by atoms with E-state index in [0.717, 1.165) is 22.5 Å². The predicted molar refractivity (Wildman–Crippen MR) is 83.1 cm³/mol. The Balaban J connectivity index is 2.28. The lowest BCUT2D eigenvalue weighted by Crippen LogP contribution is -2.25. The molecule has 0 bridgehead atoms. The van der Waals surface area contributed by atoms with Gasteiger partial charge in [0.15, 0.2) is 5.82 Å². The molecule has 0 fully saturated rings. The van der Waals surface area contributed by atoms with Gasteiger partial charge in [0.2, 0.25) is 0 Å². The molecule has 0 amide bonds. The Hall–Kier alpha value is -0.980. The Morgan fingerprint density at radius 1 is 1.35 bits per heavy atom. The molecule has 0 radical (unpaired) electrons. The first-order valence-corrected chi connectivity index (χ1v) is 7.63. The van der Waals surface area contributed by atoms with Gasteiger partial charge in [0.1, 0.15) is 0 Å². The monoisotopic (exact) mass is 357 g/mol. The second-order valence-electron chi connectivity index (χ2n) is 5.07. The number of hydrogen-bond acceptors (Lipinski definition) is 4. The molecular weight excluding hydrogens is 342 g/mol. The van der Waals surface area contributed by atoms with E-state index in [2.05, 4.69) is 50.6 Å². The highest BCUT2D eigenvalue weighted by molar-refractivity contribution is 9.10. The average molecular weight is 359 g/mol. The van der Waals surface area contributed by atoms with E-state index in [-0.39, 0.29) is 6.04 Å². The van der Waals surface area contributed by atoms with Crippen LogP contribution in [0.1, 0.15) is 32.6 Å². The van der Waals surface area contributed by atoms with Crippen LogP contribution in [0.5, 0.6) is 0 Å². The van der Waals surface area contributed by atoms with Crippen molar-refractivity contribution in [1.82, 2.24) is 25.5 Å². The number of hydrogen-bond donors (Lipinski definition) is 1. The molecule has 108 valence electrons. The van der Waals surface area contributed by atoms with Crippen molar-refractivity contribution in [3.63, 3.8) is 0 Å². The van der Waals surface area contributed by atoms with E-state index in [0.29, 0.717) is 10.9 Å². The Bertz CT molecular complexity index is 584. The fourth-order valence-electron chi connectivity index (χ4n) is 1.79. The Labute approximate surface area is 131 Å². The zero-order chi connectivity index (χ0) is 14.7. The normalized spacial score (nSPS) is 12.9. The SMILES string of the molecule is CC(C)CNC(C)c1nnnn1-c1ccc(Cl)cc1Br. The third-order valence-corrected chi connectivity index (χ3v) is 3.72. The molecule has 0 spiro atoms. The molecule has 7 heteroatoms. The van der Waals surface area contributed by atoms with Gasteiger partial charge in [0, 0.05) is 9.50 Å². The lowest BCUT2D eigenvalue weighted by atomic mass is 10.2. The maximum absolute atomic E-state index is 5.96. The maximum Gasteiger partial charge on any atom is 0.173 e. The molecule has 2 aromatic rings. The molecule has 1 atom stereocenters. The Morgan fingerprint density at radius 3 is 2.75 bits per heavy atom. The molecule has 1 heterocycles. The number of nitrogens with zero attached hydrogens (tertiary/aromatic N) is 4. The summed E-state index contributed by atoms with van der Waals surface area (Å²) in [5.41, 5.74) is 0.868. The van der Waals surface area contributed by atoms with Crippen LogP contribution in [-0.2, 0) is 0 Å². The van der Waals surface area contributed by atoms with E-state index < -0.39 is 0 Å². The summed E-state index contributed by atoms with van der Waals surface area (Å²) in [4.78, 5) is 0. The number of tetrazole rings is 1. The van der Waals surface area contributed by atoms with Crippen molar-refractivity contribution in [1.29, 1.82) is 0 Å². The molecule has 0 aliphatic heterocycles. The van der Waals surface area contributed by atoms with Crippen LogP contribution in [0.4, 0.5) is 0 Å². The van der Waals surface area contributed by atoms with E-state index in [1.807, 2.05) is 25.1 Å². The summed E-state index contributed by atoms with van der Waals surface area (Å²) in [6.45, 7) is 7.29. The van der Waals surface area contributed by atoms with Crippen molar-refractivity contribution in [3.8, 4) is 5.69 Å². The van der Waals surface area contributed by atoms with Crippen molar-refractivity contribution < 1.29 is 0 Å². The molecule has 1 N–H and O–H groups in total. The van der Waals surface area contributed by atoms with Crippen molar-refractivity contribution in [2.75, 3.05) is 6.54 Å². The van der Waals surface area contributed by atoms with Crippen LogP contribution >= 0.6 is 27.5 Å². The summed E-state index contributed by atoms with van der Waals surface area (Å²) in [7, 11) is 0. The van der Waals surface area contributed by atoms with Crippen molar-refractivity contribution in [2.24, 2.45) is 5.92 Å². The highest BCUT2D eigenvalue weighted by Gasteiger charge is 2.17. The highest BCUT2D eigenvalue weighted by atomic mass is 79.9. The van der Waals surface area contributed by atoms with Gasteiger partial charge in [-0.2, -0.15) is 4.68 Å². The quantitative estimate of drug-likeness (QED) is 0.890. The van der Waals surface area contributed by atoms with Crippen molar-refractivity contribution >= 4 is 27.5 Å². The zero-order valence-electron chi connectivity index (χ0n) is 11.6. The Kier molecular flexibility index (Phi) is 5.12. The molecular formula is C13H17BrClN5. The summed E-state index contributed by atoms with van der Waals surface area (Å²) < 4.78 is 2.58. The summed E-state index contributed by atoms with van der Waals surface area (Å²) in [6.07, 6.45) is 0. The number of nitrogens with one attached hydrogen (secondary N) is 1. The minimum absolute atomic E-state index is 0.0648. The number of benzene rings is 1. The molecule has 0 aliphatic rings. The van der Waals surface area contributed by atoms with E-state index in [9.17, 15) is 0 Å². The number of aromatic nitrogens is 4. The van der Waals surface area contributed by atoms with E-state index in [4.69, 9.17) is 11.6 Å². The molecule has 20 heavy (non-hydrogen) atoms. The Morgan fingerprint density at radius 2 is 2.10 bits per heavy atom. The van der Waals surface area contributed by atoms with E-state index in [1.165, 1.54) is 0 Å².